The van der Waals surface area contributed by atoms with Gasteiger partial charge in [0.2, 0.25) is 6.79 Å². The standard InChI is InChI=1S/C13H17NO4/c1-8-5-11-12(18-7-17-11)6-10(8)9(13(15)16)3-4-14-2/h5-6,9,14H,3-4,7H2,1-2H3,(H,15,16). The Morgan fingerprint density at radius 1 is 1.44 bits per heavy atom. The highest BCUT2D eigenvalue weighted by Crippen LogP contribution is 2.37. The monoisotopic (exact) mass is 251 g/mol. The van der Waals surface area contributed by atoms with Crippen molar-refractivity contribution in [2.24, 2.45) is 0 Å². The topological polar surface area (TPSA) is 67.8 Å². The van der Waals surface area contributed by atoms with Crippen molar-refractivity contribution >= 4 is 5.97 Å². The number of carbonyl (C=O) groups is 1. The number of nitrogens with one attached hydrogen (secondary N) is 1. The highest BCUT2D eigenvalue weighted by Gasteiger charge is 2.24. The first-order valence-corrected chi connectivity index (χ1v) is 5.91. The lowest BCUT2D eigenvalue weighted by molar-refractivity contribution is -0.138. The third kappa shape index (κ3) is 2.41. The van der Waals surface area contributed by atoms with Gasteiger partial charge in [-0.1, -0.05) is 0 Å². The third-order valence-electron chi connectivity index (χ3n) is 3.12. The van der Waals surface area contributed by atoms with Crippen LogP contribution in [0.4, 0.5) is 0 Å². The fourth-order valence-corrected chi connectivity index (χ4v) is 2.14. The van der Waals surface area contributed by atoms with Crippen molar-refractivity contribution in [2.75, 3.05) is 20.4 Å². The Balaban J connectivity index is 2.32. The molecule has 1 heterocycles. The number of fused-ring (bicyclic) bond motifs is 1. The number of benzene rings is 1. The molecule has 0 spiro atoms. The van der Waals surface area contributed by atoms with Crippen molar-refractivity contribution in [3.05, 3.63) is 23.3 Å². The van der Waals surface area contributed by atoms with Crippen LogP contribution >= 0.6 is 0 Å². The summed E-state index contributed by atoms with van der Waals surface area (Å²) in [6.45, 7) is 2.75. The largest absolute Gasteiger partial charge is 0.481 e. The van der Waals surface area contributed by atoms with E-state index in [1.807, 2.05) is 20.0 Å². The smallest absolute Gasteiger partial charge is 0.311 e. The lowest BCUT2D eigenvalue weighted by Gasteiger charge is -2.15. The Kier molecular flexibility index (Phi) is 3.72. The van der Waals surface area contributed by atoms with Crippen LogP contribution in [0.3, 0.4) is 0 Å². The number of carboxylic acid groups (broad SMARTS) is 1. The Hall–Kier alpha value is -1.75. The number of ether oxygens (including phenoxy) is 2. The molecule has 1 unspecified atom stereocenters. The van der Waals surface area contributed by atoms with Gasteiger partial charge in [0.1, 0.15) is 0 Å². The maximum absolute atomic E-state index is 11.4. The number of rotatable bonds is 5. The highest BCUT2D eigenvalue weighted by atomic mass is 16.7. The average molecular weight is 251 g/mol. The molecule has 0 saturated carbocycles. The summed E-state index contributed by atoms with van der Waals surface area (Å²) in [5.74, 6) is -0.0144. The lowest BCUT2D eigenvalue weighted by atomic mass is 9.91. The summed E-state index contributed by atoms with van der Waals surface area (Å²) in [5.41, 5.74) is 1.71. The van der Waals surface area contributed by atoms with E-state index in [0.717, 1.165) is 11.1 Å². The van der Waals surface area contributed by atoms with E-state index >= 15 is 0 Å². The predicted octanol–water partition coefficient (Wildman–Crippen LogP) is 1.50. The fourth-order valence-electron chi connectivity index (χ4n) is 2.14. The Morgan fingerprint density at radius 2 is 2.11 bits per heavy atom. The minimum absolute atomic E-state index is 0.201. The van der Waals surface area contributed by atoms with Gasteiger partial charge in [0.25, 0.3) is 0 Å². The Labute approximate surface area is 106 Å². The molecule has 0 radical (unpaired) electrons. The summed E-state index contributed by atoms with van der Waals surface area (Å²) in [4.78, 5) is 11.4. The summed E-state index contributed by atoms with van der Waals surface area (Å²) in [6, 6.07) is 3.62. The number of hydrogen-bond donors (Lipinski definition) is 2. The van der Waals surface area contributed by atoms with Crippen LogP contribution in [0.1, 0.15) is 23.5 Å². The molecule has 0 aromatic heterocycles. The molecule has 1 aliphatic rings. The molecular formula is C13H17NO4. The average Bonchev–Trinajstić information content (AvgIpc) is 2.76. The van der Waals surface area contributed by atoms with Crippen molar-refractivity contribution < 1.29 is 19.4 Å². The summed E-state index contributed by atoms with van der Waals surface area (Å²) in [5, 5.41) is 12.3. The van der Waals surface area contributed by atoms with Crippen LogP contribution in [0.15, 0.2) is 12.1 Å². The molecule has 1 atom stereocenters. The molecule has 2 rings (SSSR count). The van der Waals surface area contributed by atoms with Gasteiger partial charge < -0.3 is 19.9 Å². The summed E-state index contributed by atoms with van der Waals surface area (Å²) in [6.07, 6.45) is 0.548. The van der Waals surface area contributed by atoms with Crippen LogP contribution in [-0.4, -0.2) is 31.5 Å². The maximum atomic E-state index is 11.4. The number of hydrogen-bond acceptors (Lipinski definition) is 4. The molecule has 2 N–H and O–H groups in total. The number of carboxylic acids is 1. The Morgan fingerprint density at radius 3 is 2.72 bits per heavy atom. The lowest BCUT2D eigenvalue weighted by Crippen LogP contribution is -2.19. The molecule has 0 aliphatic carbocycles. The minimum atomic E-state index is -0.813. The first-order valence-electron chi connectivity index (χ1n) is 5.91. The van der Waals surface area contributed by atoms with E-state index in [0.29, 0.717) is 24.5 Å². The van der Waals surface area contributed by atoms with E-state index in [-0.39, 0.29) is 6.79 Å². The molecule has 98 valence electrons. The van der Waals surface area contributed by atoms with Gasteiger partial charge in [-0.15, -0.1) is 0 Å². The molecule has 18 heavy (non-hydrogen) atoms. The molecule has 5 heteroatoms. The van der Waals surface area contributed by atoms with Gasteiger partial charge in [-0.3, -0.25) is 4.79 Å². The van der Waals surface area contributed by atoms with E-state index in [1.165, 1.54) is 0 Å². The molecule has 5 nitrogen and oxygen atoms in total. The van der Waals surface area contributed by atoms with Crippen LogP contribution in [0.5, 0.6) is 11.5 Å². The normalized spacial score (nSPS) is 14.6. The predicted molar refractivity (Wildman–Crippen MR) is 66.2 cm³/mol. The van der Waals surface area contributed by atoms with Gasteiger partial charge in [-0.25, -0.2) is 0 Å². The van der Waals surface area contributed by atoms with E-state index in [9.17, 15) is 9.90 Å². The zero-order chi connectivity index (χ0) is 13.1. The van der Waals surface area contributed by atoms with Crippen LogP contribution in [0.2, 0.25) is 0 Å². The molecule has 0 fully saturated rings. The van der Waals surface area contributed by atoms with Crippen molar-refractivity contribution in [3.8, 4) is 11.5 Å². The molecular weight excluding hydrogens is 234 g/mol. The van der Waals surface area contributed by atoms with E-state index < -0.39 is 11.9 Å². The molecule has 0 amide bonds. The SMILES string of the molecule is CNCCC(C(=O)O)c1cc2c(cc1C)OCO2. The fraction of sp³-hybridized carbons (Fsp3) is 0.462. The van der Waals surface area contributed by atoms with Gasteiger partial charge >= 0.3 is 5.97 Å². The van der Waals surface area contributed by atoms with Crippen molar-refractivity contribution in [1.82, 2.24) is 5.32 Å². The van der Waals surface area contributed by atoms with Gasteiger partial charge in [0.05, 0.1) is 5.92 Å². The second-order valence-electron chi connectivity index (χ2n) is 4.35. The maximum Gasteiger partial charge on any atom is 0.311 e. The van der Waals surface area contributed by atoms with Gasteiger partial charge in [0, 0.05) is 0 Å². The zero-order valence-electron chi connectivity index (χ0n) is 10.5. The van der Waals surface area contributed by atoms with E-state index in [1.54, 1.807) is 6.07 Å². The van der Waals surface area contributed by atoms with Crippen molar-refractivity contribution in [2.45, 2.75) is 19.3 Å². The summed E-state index contributed by atoms with van der Waals surface area (Å²) < 4.78 is 10.6. The molecule has 1 aromatic rings. The number of aryl methyl sites for hydroxylation is 1. The molecule has 0 saturated heterocycles. The third-order valence-corrected chi connectivity index (χ3v) is 3.12. The second kappa shape index (κ2) is 5.27. The van der Waals surface area contributed by atoms with Crippen LogP contribution in [0, 0.1) is 6.92 Å². The zero-order valence-corrected chi connectivity index (χ0v) is 10.5. The summed E-state index contributed by atoms with van der Waals surface area (Å²) in [7, 11) is 1.81. The van der Waals surface area contributed by atoms with Gasteiger partial charge in [-0.05, 0) is 50.2 Å². The molecule has 0 bridgehead atoms. The van der Waals surface area contributed by atoms with Crippen molar-refractivity contribution in [1.29, 1.82) is 0 Å². The summed E-state index contributed by atoms with van der Waals surface area (Å²) >= 11 is 0. The van der Waals surface area contributed by atoms with Gasteiger partial charge in [-0.2, -0.15) is 0 Å². The first kappa shape index (κ1) is 12.7. The van der Waals surface area contributed by atoms with E-state index in [4.69, 9.17) is 9.47 Å². The molecule has 1 aromatic carbocycles. The second-order valence-corrected chi connectivity index (χ2v) is 4.35. The van der Waals surface area contributed by atoms with E-state index in [2.05, 4.69) is 5.32 Å². The van der Waals surface area contributed by atoms with Crippen molar-refractivity contribution in [3.63, 3.8) is 0 Å². The quantitative estimate of drug-likeness (QED) is 0.830. The van der Waals surface area contributed by atoms with Crippen LogP contribution in [-0.2, 0) is 4.79 Å². The highest BCUT2D eigenvalue weighted by molar-refractivity contribution is 5.77. The molecule has 1 aliphatic heterocycles. The Bertz CT molecular complexity index is 459. The number of aliphatic carboxylic acids is 1. The van der Waals surface area contributed by atoms with Gasteiger partial charge in [0.15, 0.2) is 11.5 Å². The van der Waals surface area contributed by atoms with Crippen LogP contribution in [0.25, 0.3) is 0 Å². The first-order chi connectivity index (χ1) is 8.63. The minimum Gasteiger partial charge on any atom is -0.481 e. The van der Waals surface area contributed by atoms with Crippen LogP contribution < -0.4 is 14.8 Å².